The molecule has 11 aromatic rings. The quantitative estimate of drug-likeness (QED) is 0.174. The molecule has 0 aliphatic heterocycles. The summed E-state index contributed by atoms with van der Waals surface area (Å²) in [5.74, 6) is 4.99. The van der Waals surface area contributed by atoms with Crippen LogP contribution in [0.25, 0.3) is 97.9 Å². The van der Waals surface area contributed by atoms with E-state index in [1.807, 2.05) is 11.3 Å². The van der Waals surface area contributed by atoms with Crippen molar-refractivity contribution in [1.82, 2.24) is 24.1 Å². The van der Waals surface area contributed by atoms with Gasteiger partial charge in [-0.3, -0.25) is 0 Å². The van der Waals surface area contributed by atoms with E-state index in [1.165, 1.54) is 102 Å². The molecule has 0 saturated heterocycles. The zero-order chi connectivity index (χ0) is 39.8. The third-order valence-corrected chi connectivity index (χ3v) is 15.8. The van der Waals surface area contributed by atoms with E-state index in [2.05, 4.69) is 167 Å². The standard InChI is InChI=1S/C55H41N5S/c1-3-13-36(14-4-1)52-56-53(58-54(57-52)55-30-33-27-34(31-55)29-35(28-33)32-55)37-23-25-39(26-24-37)60-43-20-10-7-17-40(43)46-49-47(51-48(50(46)60)42-19-9-12-22-45(42)61-51)41-18-8-11-21-44(41)59(49)38-15-5-2-6-16-38/h1-26,33-35H,27-32H2. The first-order valence-corrected chi connectivity index (χ1v) is 22.8. The Bertz CT molecular complexity index is 3520. The van der Waals surface area contributed by atoms with E-state index in [1.54, 1.807) is 0 Å². The predicted octanol–water partition coefficient (Wildman–Crippen LogP) is 14.2. The zero-order valence-electron chi connectivity index (χ0n) is 33.6. The van der Waals surface area contributed by atoms with Crippen LogP contribution in [-0.2, 0) is 5.41 Å². The van der Waals surface area contributed by atoms with Crippen molar-refractivity contribution in [3.05, 3.63) is 164 Å². The molecule has 61 heavy (non-hydrogen) atoms. The van der Waals surface area contributed by atoms with Crippen LogP contribution in [0.4, 0.5) is 0 Å². The lowest BCUT2D eigenvalue weighted by molar-refractivity contribution is -0.00938. The van der Waals surface area contributed by atoms with E-state index in [-0.39, 0.29) is 5.41 Å². The van der Waals surface area contributed by atoms with Crippen LogP contribution in [0, 0.1) is 17.8 Å². The number of rotatable bonds is 5. The van der Waals surface area contributed by atoms with Gasteiger partial charge in [0.15, 0.2) is 11.6 Å². The fraction of sp³-hybridized carbons (Fsp3) is 0.182. The topological polar surface area (TPSA) is 48.5 Å². The van der Waals surface area contributed by atoms with E-state index < -0.39 is 0 Å². The Kier molecular flexibility index (Phi) is 7.10. The maximum Gasteiger partial charge on any atom is 0.163 e. The second kappa shape index (κ2) is 12.7. The fourth-order valence-corrected chi connectivity index (χ4v) is 13.9. The molecule has 0 radical (unpaired) electrons. The van der Waals surface area contributed by atoms with Crippen molar-refractivity contribution in [3.8, 4) is 34.2 Å². The molecular weight excluding hydrogens is 763 g/mol. The van der Waals surface area contributed by atoms with Crippen molar-refractivity contribution in [2.75, 3.05) is 0 Å². The summed E-state index contributed by atoms with van der Waals surface area (Å²) in [7, 11) is 0. The number of aromatic nitrogens is 5. The Balaban J connectivity index is 1.03. The number of fused-ring (bicyclic) bond motifs is 12. The molecule has 6 heteroatoms. The van der Waals surface area contributed by atoms with Gasteiger partial charge in [-0.25, -0.2) is 15.0 Å². The minimum atomic E-state index is 0.0567. The van der Waals surface area contributed by atoms with Crippen molar-refractivity contribution in [3.63, 3.8) is 0 Å². The van der Waals surface area contributed by atoms with E-state index in [0.29, 0.717) is 0 Å². The van der Waals surface area contributed by atoms with Gasteiger partial charge in [0, 0.05) is 69.6 Å². The third-order valence-electron chi connectivity index (χ3n) is 14.6. The Morgan fingerprint density at radius 2 is 0.918 bits per heavy atom. The van der Waals surface area contributed by atoms with Gasteiger partial charge in [0.1, 0.15) is 5.82 Å². The van der Waals surface area contributed by atoms with Gasteiger partial charge >= 0.3 is 0 Å². The van der Waals surface area contributed by atoms with Crippen molar-refractivity contribution in [1.29, 1.82) is 0 Å². The molecule has 4 fully saturated rings. The molecule has 4 saturated carbocycles. The van der Waals surface area contributed by atoms with Crippen molar-refractivity contribution < 1.29 is 0 Å². The molecule has 0 N–H and O–H groups in total. The largest absolute Gasteiger partial charge is 0.308 e. The highest BCUT2D eigenvalue weighted by Crippen LogP contribution is 2.60. The molecule has 5 nitrogen and oxygen atoms in total. The van der Waals surface area contributed by atoms with Crippen LogP contribution in [0.15, 0.2) is 158 Å². The van der Waals surface area contributed by atoms with Crippen LogP contribution in [0.3, 0.4) is 0 Å². The van der Waals surface area contributed by atoms with Crippen molar-refractivity contribution in [2.45, 2.75) is 43.9 Å². The highest BCUT2D eigenvalue weighted by atomic mass is 32.1. The van der Waals surface area contributed by atoms with Crippen LogP contribution < -0.4 is 0 Å². The molecule has 292 valence electrons. The number of hydrogen-bond acceptors (Lipinski definition) is 4. The Labute approximate surface area is 357 Å². The van der Waals surface area contributed by atoms with Gasteiger partial charge in [-0.1, -0.05) is 103 Å². The average Bonchev–Trinajstić information content (AvgIpc) is 3.97. The number of nitrogens with zero attached hydrogens (tertiary/aromatic N) is 5. The average molecular weight is 804 g/mol. The summed E-state index contributed by atoms with van der Waals surface area (Å²) in [6.07, 6.45) is 7.81. The van der Waals surface area contributed by atoms with Gasteiger partial charge in [-0.15, -0.1) is 11.3 Å². The van der Waals surface area contributed by atoms with Gasteiger partial charge in [0.25, 0.3) is 0 Å². The first kappa shape index (κ1) is 34.1. The van der Waals surface area contributed by atoms with Gasteiger partial charge in [0.05, 0.1) is 22.1 Å². The first-order chi connectivity index (χ1) is 30.2. The Morgan fingerprint density at radius 1 is 0.443 bits per heavy atom. The van der Waals surface area contributed by atoms with Gasteiger partial charge < -0.3 is 9.13 Å². The number of hydrogen-bond donors (Lipinski definition) is 0. The summed E-state index contributed by atoms with van der Waals surface area (Å²) in [5, 5.41) is 7.72. The van der Waals surface area contributed by atoms with Crippen LogP contribution in [0.5, 0.6) is 0 Å². The van der Waals surface area contributed by atoms with Crippen LogP contribution in [0.1, 0.15) is 44.3 Å². The summed E-state index contributed by atoms with van der Waals surface area (Å²) >= 11 is 1.91. The van der Waals surface area contributed by atoms with E-state index in [9.17, 15) is 0 Å². The molecule has 0 atom stereocenters. The summed E-state index contributed by atoms with van der Waals surface area (Å²) in [6, 6.07) is 57.4. The summed E-state index contributed by atoms with van der Waals surface area (Å²) in [4.78, 5) is 16.0. The highest BCUT2D eigenvalue weighted by molar-refractivity contribution is 7.27. The fourth-order valence-electron chi connectivity index (χ4n) is 12.6. The SMILES string of the molecule is c1ccc(-c2nc(-c3ccc(-n4c5ccccc5c5c6c(c7ccccc7n6-c6ccccc6)c6sc7ccccc7c6c54)cc3)nc(C34CC5CC(CC(C5)C3)C4)n2)cc1. The zero-order valence-corrected chi connectivity index (χ0v) is 34.4. The molecule has 7 aromatic carbocycles. The number of benzene rings is 7. The Morgan fingerprint density at radius 3 is 1.54 bits per heavy atom. The van der Waals surface area contributed by atoms with Gasteiger partial charge in [-0.05, 0) is 111 Å². The summed E-state index contributed by atoms with van der Waals surface area (Å²) in [6.45, 7) is 0. The van der Waals surface area contributed by atoms with Crippen LogP contribution >= 0.6 is 11.3 Å². The normalized spacial score (nSPS) is 21.0. The smallest absolute Gasteiger partial charge is 0.163 e. The summed E-state index contributed by atoms with van der Waals surface area (Å²) < 4.78 is 7.65. The molecule has 15 rings (SSSR count). The molecular formula is C55H41N5S. The van der Waals surface area contributed by atoms with Crippen LogP contribution in [-0.4, -0.2) is 24.1 Å². The molecule has 4 aromatic heterocycles. The van der Waals surface area contributed by atoms with E-state index in [0.717, 1.165) is 57.7 Å². The minimum absolute atomic E-state index is 0.0567. The highest BCUT2D eigenvalue weighted by Gasteiger charge is 2.53. The van der Waals surface area contributed by atoms with Crippen molar-refractivity contribution >= 4 is 75.1 Å². The second-order valence-corrected chi connectivity index (χ2v) is 19.3. The molecule has 4 aliphatic rings. The molecule has 4 aliphatic carbocycles. The number of para-hydroxylation sites is 3. The lowest BCUT2D eigenvalue weighted by Gasteiger charge is -2.56. The second-order valence-electron chi connectivity index (χ2n) is 18.2. The van der Waals surface area contributed by atoms with E-state index in [4.69, 9.17) is 15.0 Å². The number of thiophene rings is 1. The molecule has 4 heterocycles. The van der Waals surface area contributed by atoms with Crippen molar-refractivity contribution in [2.24, 2.45) is 17.8 Å². The molecule has 4 bridgehead atoms. The maximum absolute atomic E-state index is 5.44. The minimum Gasteiger partial charge on any atom is -0.308 e. The Hall–Kier alpha value is -6.63. The molecule has 0 amide bonds. The maximum atomic E-state index is 5.44. The van der Waals surface area contributed by atoms with Gasteiger partial charge in [0.2, 0.25) is 0 Å². The molecule has 0 spiro atoms. The monoisotopic (exact) mass is 803 g/mol. The summed E-state index contributed by atoms with van der Waals surface area (Å²) in [5.41, 5.74) is 9.31. The lowest BCUT2D eigenvalue weighted by Crippen LogP contribution is -2.49. The van der Waals surface area contributed by atoms with E-state index >= 15 is 0 Å². The van der Waals surface area contributed by atoms with Crippen LogP contribution in [0.2, 0.25) is 0 Å². The lowest BCUT2D eigenvalue weighted by atomic mass is 9.49. The molecule has 0 unspecified atom stereocenters. The predicted molar refractivity (Wildman–Crippen MR) is 252 cm³/mol. The third kappa shape index (κ3) is 4.91. The van der Waals surface area contributed by atoms with Gasteiger partial charge in [-0.2, -0.15) is 0 Å². The first-order valence-electron chi connectivity index (χ1n) is 22.0.